The molecule has 4 rings (SSSR count). The Labute approximate surface area is 212 Å². The van der Waals surface area contributed by atoms with E-state index in [-0.39, 0.29) is 5.56 Å². The van der Waals surface area contributed by atoms with Crippen molar-refractivity contribution in [2.75, 3.05) is 36.5 Å². The molecule has 1 aliphatic rings. The molecule has 1 aliphatic heterocycles. The maximum absolute atomic E-state index is 13.0. The lowest BCUT2D eigenvalue weighted by Gasteiger charge is -2.32. The fraction of sp³-hybridized carbons (Fsp3) is 0.346. The minimum Gasteiger partial charge on any atom is -0.378 e. The van der Waals surface area contributed by atoms with Gasteiger partial charge in [0.1, 0.15) is 5.69 Å². The summed E-state index contributed by atoms with van der Waals surface area (Å²) in [6.07, 6.45) is -0.620. The summed E-state index contributed by atoms with van der Waals surface area (Å²) in [6, 6.07) is 7.86. The molecule has 0 aromatic carbocycles. The Hall–Kier alpha value is -4.04. The quantitative estimate of drug-likeness (QED) is 0.528. The number of carbonyl (C=O) groups is 1. The Balaban J connectivity index is 1.68. The minimum atomic E-state index is -4.66. The largest absolute Gasteiger partial charge is 0.433 e. The van der Waals surface area contributed by atoms with E-state index in [4.69, 9.17) is 4.74 Å². The van der Waals surface area contributed by atoms with E-state index in [1.54, 1.807) is 19.2 Å². The molecule has 0 atom stereocenters. The van der Waals surface area contributed by atoms with Crippen molar-refractivity contribution in [1.82, 2.24) is 15.0 Å². The lowest BCUT2D eigenvalue weighted by atomic mass is 9.88. The summed E-state index contributed by atoms with van der Waals surface area (Å²) >= 11 is 0. The molecule has 0 spiro atoms. The number of hydrogen-bond donors (Lipinski definition) is 1. The van der Waals surface area contributed by atoms with Crippen LogP contribution in [0.5, 0.6) is 0 Å². The van der Waals surface area contributed by atoms with Gasteiger partial charge in [-0.25, -0.2) is 0 Å². The first kappa shape index (κ1) is 26.0. The highest BCUT2D eigenvalue weighted by Gasteiger charge is 2.33. The van der Waals surface area contributed by atoms with Crippen molar-refractivity contribution in [3.63, 3.8) is 0 Å². The number of aryl methyl sites for hydroxylation is 1. The third-order valence-electron chi connectivity index (χ3n) is 6.06. The van der Waals surface area contributed by atoms with E-state index in [1.165, 1.54) is 12.3 Å². The zero-order valence-electron chi connectivity index (χ0n) is 20.6. The van der Waals surface area contributed by atoms with Gasteiger partial charge in [-0.2, -0.15) is 18.4 Å². The van der Waals surface area contributed by atoms with Crippen molar-refractivity contribution in [2.24, 2.45) is 0 Å². The first-order valence-corrected chi connectivity index (χ1v) is 11.6. The summed E-state index contributed by atoms with van der Waals surface area (Å²) < 4.78 is 44.5. The van der Waals surface area contributed by atoms with E-state index in [9.17, 15) is 23.2 Å². The van der Waals surface area contributed by atoms with Crippen molar-refractivity contribution >= 4 is 17.3 Å². The Bertz CT molecular complexity index is 1360. The van der Waals surface area contributed by atoms with E-state index < -0.39 is 23.2 Å². The van der Waals surface area contributed by atoms with Gasteiger partial charge in [-0.3, -0.25) is 19.7 Å². The molecule has 11 heteroatoms. The first-order valence-electron chi connectivity index (χ1n) is 11.6. The topological polar surface area (TPSA) is 104 Å². The molecule has 37 heavy (non-hydrogen) atoms. The normalized spacial score (nSPS) is 14.2. The Kier molecular flexibility index (Phi) is 7.14. The number of anilines is 2. The molecule has 0 aliphatic carbocycles. The second kappa shape index (κ2) is 10.1. The number of morpholine rings is 1. The Morgan fingerprint density at radius 3 is 2.51 bits per heavy atom. The number of halogens is 3. The second-order valence-corrected chi connectivity index (χ2v) is 9.17. The number of alkyl halides is 3. The second-order valence-electron chi connectivity index (χ2n) is 9.17. The van der Waals surface area contributed by atoms with Gasteiger partial charge in [0.05, 0.1) is 48.0 Å². The smallest absolute Gasteiger partial charge is 0.378 e. The van der Waals surface area contributed by atoms with Gasteiger partial charge in [-0.15, -0.1) is 0 Å². The number of aromatic nitrogens is 3. The van der Waals surface area contributed by atoms with Gasteiger partial charge >= 0.3 is 6.18 Å². The van der Waals surface area contributed by atoms with Gasteiger partial charge in [0.2, 0.25) is 0 Å². The molecule has 0 radical (unpaired) electrons. The van der Waals surface area contributed by atoms with Crippen molar-refractivity contribution < 1.29 is 22.7 Å². The molecule has 4 heterocycles. The first-order chi connectivity index (χ1) is 17.5. The summed E-state index contributed by atoms with van der Waals surface area (Å²) in [7, 11) is 0. The third-order valence-corrected chi connectivity index (χ3v) is 6.06. The van der Waals surface area contributed by atoms with Gasteiger partial charge in [0.25, 0.3) is 5.91 Å². The number of carbonyl (C=O) groups excluding carboxylic acids is 1. The molecule has 1 N–H and O–H groups in total. The predicted molar refractivity (Wildman–Crippen MR) is 131 cm³/mol. The van der Waals surface area contributed by atoms with Crippen LogP contribution < -0.4 is 10.2 Å². The highest BCUT2D eigenvalue weighted by atomic mass is 19.4. The highest BCUT2D eigenvalue weighted by Crippen LogP contribution is 2.35. The van der Waals surface area contributed by atoms with Crippen LogP contribution in [-0.2, 0) is 16.3 Å². The molecule has 0 saturated carbocycles. The number of rotatable bonds is 5. The molecule has 8 nitrogen and oxygen atoms in total. The molecular weight excluding hydrogens is 485 g/mol. The molecule has 0 unspecified atom stereocenters. The number of ether oxygens (including phenoxy) is 1. The third kappa shape index (κ3) is 5.70. The number of nitrogens with zero attached hydrogens (tertiary/aromatic N) is 5. The van der Waals surface area contributed by atoms with Crippen molar-refractivity contribution in [2.45, 2.75) is 32.4 Å². The van der Waals surface area contributed by atoms with Gasteiger partial charge in [0, 0.05) is 47.9 Å². The number of pyridine rings is 3. The monoisotopic (exact) mass is 510 g/mol. The zero-order chi connectivity index (χ0) is 26.8. The van der Waals surface area contributed by atoms with Crippen molar-refractivity contribution in [1.29, 1.82) is 5.26 Å². The summed E-state index contributed by atoms with van der Waals surface area (Å²) in [5.41, 5.74) is 1.71. The summed E-state index contributed by atoms with van der Waals surface area (Å²) in [4.78, 5) is 27.1. The van der Waals surface area contributed by atoms with E-state index in [0.29, 0.717) is 55.0 Å². The van der Waals surface area contributed by atoms with Crippen LogP contribution in [0.1, 0.15) is 41.3 Å². The maximum Gasteiger partial charge on any atom is 0.433 e. The van der Waals surface area contributed by atoms with Gasteiger partial charge < -0.3 is 15.0 Å². The van der Waals surface area contributed by atoms with Crippen LogP contribution >= 0.6 is 0 Å². The van der Waals surface area contributed by atoms with Crippen LogP contribution in [0.3, 0.4) is 0 Å². The number of nitrogens with one attached hydrogen (secondary N) is 1. The molecule has 192 valence electrons. The maximum atomic E-state index is 13.0. The molecule has 3 aromatic rings. The van der Waals surface area contributed by atoms with Gasteiger partial charge in [-0.1, -0.05) is 0 Å². The van der Waals surface area contributed by atoms with E-state index in [2.05, 4.69) is 31.2 Å². The minimum absolute atomic E-state index is 0.177. The average Bonchev–Trinajstić information content (AvgIpc) is 2.89. The van der Waals surface area contributed by atoms with Crippen LogP contribution in [0, 0.1) is 18.3 Å². The Morgan fingerprint density at radius 1 is 1.11 bits per heavy atom. The van der Waals surface area contributed by atoms with Gasteiger partial charge in [-0.05, 0) is 45.0 Å². The van der Waals surface area contributed by atoms with Crippen LogP contribution in [0.25, 0.3) is 11.1 Å². The number of amides is 1. The van der Waals surface area contributed by atoms with Crippen LogP contribution in [0.15, 0.2) is 42.9 Å². The molecule has 1 fully saturated rings. The van der Waals surface area contributed by atoms with E-state index in [0.717, 1.165) is 17.4 Å². The highest BCUT2D eigenvalue weighted by molar-refractivity contribution is 6.04. The lowest BCUT2D eigenvalue weighted by molar-refractivity contribution is -0.141. The summed E-state index contributed by atoms with van der Waals surface area (Å²) in [5, 5.41) is 12.3. The summed E-state index contributed by atoms with van der Waals surface area (Å²) in [6.45, 7) is 7.85. The summed E-state index contributed by atoms with van der Waals surface area (Å²) in [5.74, 6) is -0.720. The fourth-order valence-corrected chi connectivity index (χ4v) is 4.00. The fourth-order valence-electron chi connectivity index (χ4n) is 4.00. The van der Waals surface area contributed by atoms with Crippen molar-refractivity contribution in [3.05, 3.63) is 65.5 Å². The molecular formula is C26H25F3N6O2. The van der Waals surface area contributed by atoms with Crippen molar-refractivity contribution in [3.8, 4) is 17.2 Å². The zero-order valence-corrected chi connectivity index (χ0v) is 20.6. The van der Waals surface area contributed by atoms with Crippen LogP contribution in [0.4, 0.5) is 24.5 Å². The lowest BCUT2D eigenvalue weighted by Crippen LogP contribution is -2.38. The van der Waals surface area contributed by atoms with E-state index >= 15 is 0 Å². The number of nitriles is 1. The predicted octanol–water partition coefficient (Wildman–Crippen LogP) is 4.76. The Morgan fingerprint density at radius 2 is 1.84 bits per heavy atom. The average molecular weight is 511 g/mol. The van der Waals surface area contributed by atoms with Crippen LogP contribution in [-0.4, -0.2) is 47.2 Å². The molecule has 1 amide bonds. The van der Waals surface area contributed by atoms with Gasteiger partial charge in [0.15, 0.2) is 0 Å². The number of hydrogen-bond acceptors (Lipinski definition) is 7. The SMILES string of the molecule is Cc1ncc(NC(=O)c2ccnc(C(F)(F)F)c2)cc1-c1cnc(C(C)(C)C#N)c(N2CCOCC2)c1. The molecule has 1 saturated heterocycles. The molecule has 0 bridgehead atoms. The standard InChI is InChI=1S/C26H25F3N6O2/c1-16-20(12-19(14-32-16)34-24(36)17-4-5-31-22(11-17)26(27,28)29)18-10-21(35-6-8-37-9-7-35)23(33-13-18)25(2,3)15-30/h4-5,10-14H,6-9H2,1-3H3,(H,34,36). The molecule has 3 aromatic heterocycles. The van der Waals surface area contributed by atoms with Crippen LogP contribution in [0.2, 0.25) is 0 Å². The van der Waals surface area contributed by atoms with E-state index in [1.807, 2.05) is 19.9 Å².